The molecule has 0 radical (unpaired) electrons. The lowest BCUT2D eigenvalue weighted by Gasteiger charge is -2.26. The number of hydrogen-bond acceptors (Lipinski definition) is 4. The number of aromatic nitrogens is 3. The molecular weight excluding hydrogens is 198 g/mol. The van der Waals surface area contributed by atoms with Crippen molar-refractivity contribution in [1.29, 1.82) is 0 Å². The van der Waals surface area contributed by atoms with Crippen LogP contribution in [-0.2, 0) is 0 Å². The summed E-state index contributed by atoms with van der Waals surface area (Å²) < 4.78 is 0. The van der Waals surface area contributed by atoms with Crippen molar-refractivity contribution in [1.82, 2.24) is 15.2 Å². The summed E-state index contributed by atoms with van der Waals surface area (Å²) in [6, 6.07) is 0. The van der Waals surface area contributed by atoms with Gasteiger partial charge in [-0.25, -0.2) is 4.98 Å². The van der Waals surface area contributed by atoms with Gasteiger partial charge in [-0.05, 0) is 18.8 Å². The SMILES string of the molecule is OC1CCCCC1CSc1ncn[nH]1. The summed E-state index contributed by atoms with van der Waals surface area (Å²) in [6.07, 6.45) is 5.92. The summed E-state index contributed by atoms with van der Waals surface area (Å²) in [5, 5.41) is 17.2. The fourth-order valence-corrected chi connectivity index (χ4v) is 2.83. The van der Waals surface area contributed by atoms with E-state index in [-0.39, 0.29) is 6.10 Å². The largest absolute Gasteiger partial charge is 0.393 e. The van der Waals surface area contributed by atoms with E-state index in [0.717, 1.165) is 23.8 Å². The zero-order valence-electron chi connectivity index (χ0n) is 8.02. The lowest BCUT2D eigenvalue weighted by Crippen LogP contribution is -2.26. The quantitative estimate of drug-likeness (QED) is 0.746. The Kier molecular flexibility index (Phi) is 3.42. The molecule has 2 N–H and O–H groups in total. The van der Waals surface area contributed by atoms with Gasteiger partial charge in [0.2, 0.25) is 0 Å². The molecule has 0 amide bonds. The van der Waals surface area contributed by atoms with Crippen LogP contribution in [0.25, 0.3) is 0 Å². The lowest BCUT2D eigenvalue weighted by atomic mass is 9.88. The number of hydrogen-bond donors (Lipinski definition) is 2. The molecule has 1 aromatic heterocycles. The smallest absolute Gasteiger partial charge is 0.183 e. The molecule has 1 saturated carbocycles. The first-order valence-corrected chi connectivity index (χ1v) is 6.01. The van der Waals surface area contributed by atoms with Gasteiger partial charge in [-0.1, -0.05) is 24.6 Å². The molecule has 2 atom stereocenters. The van der Waals surface area contributed by atoms with Crippen molar-refractivity contribution in [3.05, 3.63) is 6.33 Å². The zero-order chi connectivity index (χ0) is 9.80. The van der Waals surface area contributed by atoms with Crippen molar-refractivity contribution < 1.29 is 5.11 Å². The highest BCUT2D eigenvalue weighted by molar-refractivity contribution is 7.99. The Balaban J connectivity index is 1.79. The standard InChI is InChI=1S/C9H15N3OS/c13-8-4-2-1-3-7(8)5-14-9-10-6-11-12-9/h6-8,13H,1-5H2,(H,10,11,12). The second-order valence-electron chi connectivity index (χ2n) is 3.71. The normalized spacial score (nSPS) is 27.8. The summed E-state index contributed by atoms with van der Waals surface area (Å²) in [7, 11) is 0. The van der Waals surface area contributed by atoms with Gasteiger partial charge in [0.1, 0.15) is 6.33 Å². The van der Waals surface area contributed by atoms with E-state index in [2.05, 4.69) is 15.2 Å². The van der Waals surface area contributed by atoms with Crippen LogP contribution in [0.3, 0.4) is 0 Å². The first-order chi connectivity index (χ1) is 6.86. The maximum atomic E-state index is 9.74. The molecule has 5 heteroatoms. The van der Waals surface area contributed by atoms with Crippen molar-refractivity contribution in [2.24, 2.45) is 5.92 Å². The fourth-order valence-electron chi connectivity index (χ4n) is 1.83. The second-order valence-corrected chi connectivity index (χ2v) is 4.72. The van der Waals surface area contributed by atoms with Gasteiger partial charge in [-0.15, -0.1) is 0 Å². The van der Waals surface area contributed by atoms with Gasteiger partial charge >= 0.3 is 0 Å². The molecule has 0 spiro atoms. The van der Waals surface area contributed by atoms with Crippen molar-refractivity contribution in [3.8, 4) is 0 Å². The van der Waals surface area contributed by atoms with Crippen molar-refractivity contribution >= 4 is 11.8 Å². The van der Waals surface area contributed by atoms with Gasteiger partial charge in [-0.3, -0.25) is 5.10 Å². The number of H-pyrrole nitrogens is 1. The van der Waals surface area contributed by atoms with Gasteiger partial charge < -0.3 is 5.11 Å². The summed E-state index contributed by atoms with van der Waals surface area (Å²) in [5.41, 5.74) is 0. The van der Waals surface area contributed by atoms with Gasteiger partial charge in [0.15, 0.2) is 5.16 Å². The molecule has 1 aliphatic carbocycles. The van der Waals surface area contributed by atoms with Crippen molar-refractivity contribution in [3.63, 3.8) is 0 Å². The van der Waals surface area contributed by atoms with Gasteiger partial charge in [0.25, 0.3) is 0 Å². The number of nitrogens with zero attached hydrogens (tertiary/aromatic N) is 2. The van der Waals surface area contributed by atoms with E-state index >= 15 is 0 Å². The van der Waals surface area contributed by atoms with Gasteiger partial charge in [0, 0.05) is 5.75 Å². The zero-order valence-corrected chi connectivity index (χ0v) is 8.83. The molecule has 1 aliphatic rings. The first kappa shape index (κ1) is 9.98. The Morgan fingerprint density at radius 2 is 2.36 bits per heavy atom. The first-order valence-electron chi connectivity index (χ1n) is 5.02. The molecule has 0 bridgehead atoms. The summed E-state index contributed by atoms with van der Waals surface area (Å²) >= 11 is 1.65. The third-order valence-corrected chi connectivity index (χ3v) is 3.76. The van der Waals surface area contributed by atoms with E-state index in [1.54, 1.807) is 11.8 Å². The highest BCUT2D eigenvalue weighted by Gasteiger charge is 2.23. The Bertz CT molecular complexity index is 265. The van der Waals surface area contributed by atoms with E-state index in [1.807, 2.05) is 0 Å². The van der Waals surface area contributed by atoms with E-state index in [1.165, 1.54) is 19.2 Å². The third kappa shape index (κ3) is 2.48. The van der Waals surface area contributed by atoms with Crippen LogP contribution in [0, 0.1) is 5.92 Å². The Hall–Kier alpha value is -0.550. The minimum atomic E-state index is -0.112. The van der Waals surface area contributed by atoms with E-state index in [9.17, 15) is 5.11 Å². The minimum absolute atomic E-state index is 0.112. The molecule has 0 saturated heterocycles. The van der Waals surface area contributed by atoms with Crippen LogP contribution in [-0.4, -0.2) is 32.1 Å². The molecule has 1 heterocycles. The minimum Gasteiger partial charge on any atom is -0.393 e. The van der Waals surface area contributed by atoms with Crippen LogP contribution < -0.4 is 0 Å². The van der Waals surface area contributed by atoms with Crippen LogP contribution >= 0.6 is 11.8 Å². The Morgan fingerprint density at radius 1 is 1.50 bits per heavy atom. The molecular formula is C9H15N3OS. The fraction of sp³-hybridized carbons (Fsp3) is 0.778. The van der Waals surface area contributed by atoms with Crippen LogP contribution in [0.1, 0.15) is 25.7 Å². The van der Waals surface area contributed by atoms with Crippen molar-refractivity contribution in [2.45, 2.75) is 36.9 Å². The molecule has 4 nitrogen and oxygen atoms in total. The number of nitrogens with one attached hydrogen (secondary N) is 1. The number of aliphatic hydroxyl groups is 1. The summed E-state index contributed by atoms with van der Waals surface area (Å²) in [4.78, 5) is 4.04. The molecule has 2 unspecified atom stereocenters. The summed E-state index contributed by atoms with van der Waals surface area (Å²) in [5.74, 6) is 1.37. The average Bonchev–Trinajstić information content (AvgIpc) is 2.69. The molecule has 0 aliphatic heterocycles. The monoisotopic (exact) mass is 213 g/mol. The van der Waals surface area contributed by atoms with Crippen LogP contribution in [0.15, 0.2) is 11.5 Å². The Morgan fingerprint density at radius 3 is 3.07 bits per heavy atom. The predicted molar refractivity (Wildman–Crippen MR) is 55.1 cm³/mol. The molecule has 0 aromatic carbocycles. The summed E-state index contributed by atoms with van der Waals surface area (Å²) in [6.45, 7) is 0. The van der Waals surface area contributed by atoms with Crippen LogP contribution in [0.2, 0.25) is 0 Å². The van der Waals surface area contributed by atoms with E-state index in [0.29, 0.717) is 5.92 Å². The average molecular weight is 213 g/mol. The number of aliphatic hydroxyl groups excluding tert-OH is 1. The van der Waals surface area contributed by atoms with Gasteiger partial charge in [0.05, 0.1) is 6.10 Å². The molecule has 1 aromatic rings. The molecule has 1 fully saturated rings. The number of aromatic amines is 1. The highest BCUT2D eigenvalue weighted by atomic mass is 32.2. The third-order valence-electron chi connectivity index (χ3n) is 2.70. The number of thioether (sulfide) groups is 1. The van der Waals surface area contributed by atoms with E-state index in [4.69, 9.17) is 0 Å². The Labute approximate surface area is 87.5 Å². The molecule has 2 rings (SSSR count). The lowest BCUT2D eigenvalue weighted by molar-refractivity contribution is 0.0816. The predicted octanol–water partition coefficient (Wildman–Crippen LogP) is 1.45. The van der Waals surface area contributed by atoms with Gasteiger partial charge in [-0.2, -0.15) is 5.10 Å². The topological polar surface area (TPSA) is 61.8 Å². The maximum absolute atomic E-state index is 9.74. The van der Waals surface area contributed by atoms with E-state index < -0.39 is 0 Å². The van der Waals surface area contributed by atoms with Crippen LogP contribution in [0.4, 0.5) is 0 Å². The highest BCUT2D eigenvalue weighted by Crippen LogP contribution is 2.28. The molecule has 78 valence electrons. The number of rotatable bonds is 3. The van der Waals surface area contributed by atoms with Crippen molar-refractivity contribution in [2.75, 3.05) is 5.75 Å². The molecule has 14 heavy (non-hydrogen) atoms. The van der Waals surface area contributed by atoms with Crippen LogP contribution in [0.5, 0.6) is 0 Å². The second kappa shape index (κ2) is 4.79. The maximum Gasteiger partial charge on any atom is 0.183 e.